The number of hydrogen-bond donors (Lipinski definition) is 0. The van der Waals surface area contributed by atoms with Crippen LogP contribution in [0.2, 0.25) is 0 Å². The van der Waals surface area contributed by atoms with Crippen LogP contribution in [-0.2, 0) is 0 Å². The summed E-state index contributed by atoms with van der Waals surface area (Å²) >= 11 is 1.63. The van der Waals surface area contributed by atoms with Gasteiger partial charge < -0.3 is 0 Å². The molecule has 3 aromatic rings. The minimum absolute atomic E-state index is 0.228. The van der Waals surface area contributed by atoms with Crippen molar-refractivity contribution in [3.8, 4) is 11.1 Å². The Morgan fingerprint density at radius 3 is 2.67 bits per heavy atom. The van der Waals surface area contributed by atoms with Crippen LogP contribution in [0.15, 0.2) is 36.4 Å². The fourth-order valence-electron chi connectivity index (χ4n) is 2.09. The van der Waals surface area contributed by atoms with Crippen LogP contribution in [0.4, 0.5) is 4.39 Å². The quantitative estimate of drug-likeness (QED) is 0.620. The molecule has 0 aliphatic rings. The Hall–Kier alpha value is -1.74. The number of aryl methyl sites for hydroxylation is 1. The Kier molecular flexibility index (Phi) is 2.63. The molecule has 0 fully saturated rings. The van der Waals surface area contributed by atoms with Crippen LogP contribution in [0.1, 0.15) is 10.6 Å². The van der Waals surface area contributed by atoms with E-state index in [4.69, 9.17) is 0 Å². The van der Waals surface area contributed by atoms with E-state index in [0.717, 1.165) is 26.4 Å². The number of fused-ring (bicyclic) bond motifs is 1. The van der Waals surface area contributed by atoms with Crippen molar-refractivity contribution in [2.45, 2.75) is 6.92 Å². The first-order valence-corrected chi connectivity index (χ1v) is 6.45. The molecule has 1 heterocycles. The monoisotopic (exact) mass is 256 g/mol. The molecule has 1 nitrogen and oxygen atoms in total. The summed E-state index contributed by atoms with van der Waals surface area (Å²) in [6.07, 6.45) is 0. The van der Waals surface area contributed by atoms with Crippen molar-refractivity contribution in [1.29, 1.82) is 0 Å². The summed E-state index contributed by atoms with van der Waals surface area (Å²) in [5.41, 5.74) is 3.06. The maximum absolute atomic E-state index is 13.8. The molecule has 0 aliphatic carbocycles. The summed E-state index contributed by atoms with van der Waals surface area (Å²) < 4.78 is 14.9. The molecule has 3 heteroatoms. The Labute approximate surface area is 109 Å². The average molecular weight is 256 g/mol. The molecule has 0 saturated heterocycles. The molecule has 1 radical (unpaired) electrons. The lowest BCUT2D eigenvalue weighted by molar-refractivity contribution is 0.631. The van der Waals surface area contributed by atoms with Gasteiger partial charge in [0.1, 0.15) is 5.82 Å². The van der Waals surface area contributed by atoms with Crippen molar-refractivity contribution in [2.75, 3.05) is 0 Å². The van der Waals surface area contributed by atoms with Crippen molar-refractivity contribution in [2.24, 2.45) is 0 Å². The van der Waals surface area contributed by atoms with Crippen LogP contribution in [0, 0.1) is 19.7 Å². The Balaban J connectivity index is 2.30. The lowest BCUT2D eigenvalue weighted by atomic mass is 9.99. The highest BCUT2D eigenvalue weighted by Crippen LogP contribution is 2.33. The van der Waals surface area contributed by atoms with Crippen LogP contribution in [0.3, 0.4) is 0 Å². The van der Waals surface area contributed by atoms with E-state index in [1.165, 1.54) is 6.07 Å². The fraction of sp³-hybridized carbons (Fsp3) is 0.0667. The first-order chi connectivity index (χ1) is 8.66. The molecular weight excluding hydrogens is 245 g/mol. The van der Waals surface area contributed by atoms with Gasteiger partial charge in [-0.1, -0.05) is 24.3 Å². The van der Waals surface area contributed by atoms with E-state index in [1.807, 2.05) is 25.1 Å². The van der Waals surface area contributed by atoms with Crippen LogP contribution in [0.5, 0.6) is 0 Å². The van der Waals surface area contributed by atoms with Crippen LogP contribution in [-0.4, -0.2) is 4.98 Å². The minimum atomic E-state index is -0.228. The molecule has 18 heavy (non-hydrogen) atoms. The highest BCUT2D eigenvalue weighted by atomic mass is 32.1. The molecule has 0 amide bonds. The standard InChI is InChI=1S/C15H11FNS/c1-9-11(12-5-3-4-6-13(12)16)7-8-14-15(9)17-10(2)18-14/h3-8H,1H2,2H3. The molecule has 0 bridgehead atoms. The molecule has 89 valence electrons. The largest absolute Gasteiger partial charge is 0.241 e. The van der Waals surface area contributed by atoms with Crippen molar-refractivity contribution in [1.82, 2.24) is 4.98 Å². The van der Waals surface area contributed by atoms with Gasteiger partial charge in [-0.15, -0.1) is 11.3 Å². The van der Waals surface area contributed by atoms with Gasteiger partial charge in [-0.25, -0.2) is 9.37 Å². The fourth-order valence-corrected chi connectivity index (χ4v) is 2.95. The second-order valence-corrected chi connectivity index (χ2v) is 5.39. The second kappa shape index (κ2) is 4.18. The van der Waals surface area contributed by atoms with E-state index >= 15 is 0 Å². The lowest BCUT2D eigenvalue weighted by Crippen LogP contribution is -1.88. The van der Waals surface area contributed by atoms with Gasteiger partial charge in [-0.05, 0) is 37.1 Å². The van der Waals surface area contributed by atoms with Crippen molar-refractivity contribution < 1.29 is 4.39 Å². The summed E-state index contributed by atoms with van der Waals surface area (Å²) in [4.78, 5) is 4.46. The first kappa shape index (κ1) is 11.4. The van der Waals surface area contributed by atoms with Gasteiger partial charge >= 0.3 is 0 Å². The minimum Gasteiger partial charge on any atom is -0.241 e. The van der Waals surface area contributed by atoms with Gasteiger partial charge in [0.15, 0.2) is 0 Å². The molecule has 1 aromatic heterocycles. The Bertz CT molecular complexity index is 730. The normalized spacial score (nSPS) is 11.1. The van der Waals surface area contributed by atoms with E-state index in [9.17, 15) is 4.39 Å². The Morgan fingerprint density at radius 1 is 1.11 bits per heavy atom. The van der Waals surface area contributed by atoms with Crippen molar-refractivity contribution in [3.63, 3.8) is 0 Å². The van der Waals surface area contributed by atoms with Crippen molar-refractivity contribution >= 4 is 21.6 Å². The number of benzene rings is 2. The maximum Gasteiger partial charge on any atom is 0.131 e. The number of hydrogen-bond acceptors (Lipinski definition) is 2. The molecule has 0 spiro atoms. The predicted molar refractivity (Wildman–Crippen MR) is 74.2 cm³/mol. The molecule has 0 unspecified atom stereocenters. The number of rotatable bonds is 1. The third-order valence-corrected chi connectivity index (χ3v) is 3.87. The number of halogens is 1. The molecule has 0 N–H and O–H groups in total. The summed E-state index contributed by atoms with van der Waals surface area (Å²) in [6.45, 7) is 6.02. The SMILES string of the molecule is [CH2]c1c(-c2ccccc2F)ccc2sc(C)nc12. The van der Waals surface area contributed by atoms with Gasteiger partial charge in [0.25, 0.3) is 0 Å². The second-order valence-electron chi connectivity index (χ2n) is 4.15. The first-order valence-electron chi connectivity index (χ1n) is 5.64. The zero-order valence-electron chi connectivity index (χ0n) is 9.90. The number of aromatic nitrogens is 1. The smallest absolute Gasteiger partial charge is 0.131 e. The van der Waals surface area contributed by atoms with Gasteiger partial charge in [0, 0.05) is 5.56 Å². The van der Waals surface area contributed by atoms with Crippen molar-refractivity contribution in [3.05, 3.63) is 59.7 Å². The molecule has 0 aliphatic heterocycles. The van der Waals surface area contributed by atoms with E-state index < -0.39 is 0 Å². The Morgan fingerprint density at radius 2 is 1.89 bits per heavy atom. The summed E-state index contributed by atoms with van der Waals surface area (Å²) in [5.74, 6) is -0.228. The van der Waals surface area contributed by atoms with Crippen LogP contribution in [0.25, 0.3) is 21.3 Å². The van der Waals surface area contributed by atoms with E-state index in [0.29, 0.717) is 5.56 Å². The van der Waals surface area contributed by atoms with E-state index in [1.54, 1.807) is 23.5 Å². The topological polar surface area (TPSA) is 12.9 Å². The molecule has 0 atom stereocenters. The summed E-state index contributed by atoms with van der Waals surface area (Å²) in [6, 6.07) is 10.6. The van der Waals surface area contributed by atoms with Gasteiger partial charge in [-0.3, -0.25) is 0 Å². The van der Waals surface area contributed by atoms with E-state index in [2.05, 4.69) is 11.9 Å². The third-order valence-electron chi connectivity index (χ3n) is 2.94. The number of nitrogens with zero attached hydrogens (tertiary/aromatic N) is 1. The molecule has 0 saturated carbocycles. The van der Waals surface area contributed by atoms with E-state index in [-0.39, 0.29) is 5.82 Å². The predicted octanol–water partition coefficient (Wildman–Crippen LogP) is 4.59. The highest BCUT2D eigenvalue weighted by molar-refractivity contribution is 7.18. The lowest BCUT2D eigenvalue weighted by Gasteiger charge is -2.07. The summed E-state index contributed by atoms with van der Waals surface area (Å²) in [5, 5.41) is 1.00. The number of thiazole rings is 1. The van der Waals surface area contributed by atoms with Gasteiger partial charge in [0.05, 0.1) is 15.2 Å². The van der Waals surface area contributed by atoms with Gasteiger partial charge in [-0.2, -0.15) is 0 Å². The average Bonchev–Trinajstić information content (AvgIpc) is 2.73. The molecular formula is C15H11FNS. The van der Waals surface area contributed by atoms with Crippen LogP contribution < -0.4 is 0 Å². The molecule has 2 aromatic carbocycles. The molecule has 3 rings (SSSR count). The van der Waals surface area contributed by atoms with Gasteiger partial charge in [0.2, 0.25) is 0 Å². The third kappa shape index (κ3) is 1.71. The summed E-state index contributed by atoms with van der Waals surface area (Å²) in [7, 11) is 0. The zero-order valence-corrected chi connectivity index (χ0v) is 10.7. The van der Waals surface area contributed by atoms with Crippen LogP contribution >= 0.6 is 11.3 Å². The zero-order chi connectivity index (χ0) is 12.7. The maximum atomic E-state index is 13.8. The highest BCUT2D eigenvalue weighted by Gasteiger charge is 2.11.